The van der Waals surface area contributed by atoms with E-state index >= 15 is 0 Å². The first-order valence-corrected chi connectivity index (χ1v) is 5.47. The lowest BCUT2D eigenvalue weighted by atomic mass is 9.87. The van der Waals surface area contributed by atoms with Crippen LogP contribution >= 0.6 is 0 Å². The van der Waals surface area contributed by atoms with Gasteiger partial charge in [-0.05, 0) is 32.1 Å². The number of ether oxygens (including phenoxy) is 2. The molecular formula is C11H20O3. The molecule has 0 amide bonds. The molecule has 1 rings (SSSR count). The Morgan fingerprint density at radius 2 is 1.93 bits per heavy atom. The van der Waals surface area contributed by atoms with E-state index < -0.39 is 0 Å². The van der Waals surface area contributed by atoms with Crippen molar-refractivity contribution in [2.45, 2.75) is 45.1 Å². The van der Waals surface area contributed by atoms with Crippen molar-refractivity contribution in [3.8, 4) is 0 Å². The summed E-state index contributed by atoms with van der Waals surface area (Å²) in [5.41, 5.74) is 0. The molecule has 1 fully saturated rings. The van der Waals surface area contributed by atoms with E-state index in [0.29, 0.717) is 12.7 Å². The molecule has 0 unspecified atom stereocenters. The fourth-order valence-electron chi connectivity index (χ4n) is 1.85. The van der Waals surface area contributed by atoms with Crippen LogP contribution in [0.5, 0.6) is 0 Å². The van der Waals surface area contributed by atoms with Gasteiger partial charge in [0, 0.05) is 7.11 Å². The molecule has 0 N–H and O–H groups in total. The van der Waals surface area contributed by atoms with Crippen LogP contribution in [0.1, 0.15) is 39.0 Å². The third-order valence-corrected chi connectivity index (χ3v) is 2.79. The molecule has 0 atom stereocenters. The smallest absolute Gasteiger partial charge is 0.308 e. The van der Waals surface area contributed by atoms with Crippen LogP contribution in [0.2, 0.25) is 0 Å². The van der Waals surface area contributed by atoms with E-state index in [0.717, 1.165) is 32.1 Å². The van der Waals surface area contributed by atoms with E-state index in [-0.39, 0.29) is 11.9 Å². The van der Waals surface area contributed by atoms with Gasteiger partial charge in [-0.2, -0.15) is 0 Å². The van der Waals surface area contributed by atoms with Crippen molar-refractivity contribution in [1.29, 1.82) is 0 Å². The van der Waals surface area contributed by atoms with E-state index in [1.807, 2.05) is 6.92 Å². The Labute approximate surface area is 85.8 Å². The summed E-state index contributed by atoms with van der Waals surface area (Å²) in [4.78, 5) is 11.5. The molecular weight excluding hydrogens is 180 g/mol. The number of carbonyl (C=O) groups excluding carboxylic acids is 1. The Hall–Kier alpha value is -0.570. The van der Waals surface area contributed by atoms with Crippen molar-refractivity contribution >= 4 is 5.97 Å². The average Bonchev–Trinajstić information content (AvgIpc) is 2.26. The molecule has 0 aromatic heterocycles. The summed E-state index contributed by atoms with van der Waals surface area (Å²) in [6.07, 6.45) is 5.07. The molecule has 1 saturated carbocycles. The standard InChI is InChI=1S/C11H20O3/c1-3-8-14-11(12)9-4-6-10(13-2)7-5-9/h9-10H,3-8H2,1-2H3. The molecule has 0 aromatic rings. The summed E-state index contributed by atoms with van der Waals surface area (Å²) >= 11 is 0. The zero-order valence-electron chi connectivity index (χ0n) is 9.12. The highest BCUT2D eigenvalue weighted by molar-refractivity contribution is 5.72. The van der Waals surface area contributed by atoms with Crippen molar-refractivity contribution in [2.75, 3.05) is 13.7 Å². The molecule has 3 nitrogen and oxygen atoms in total. The summed E-state index contributed by atoms with van der Waals surface area (Å²) in [5, 5.41) is 0. The van der Waals surface area contributed by atoms with Gasteiger partial charge in [0.15, 0.2) is 0 Å². The van der Waals surface area contributed by atoms with E-state index in [1.54, 1.807) is 7.11 Å². The molecule has 0 heterocycles. The van der Waals surface area contributed by atoms with Gasteiger partial charge in [-0.3, -0.25) is 4.79 Å². The second-order valence-electron chi connectivity index (χ2n) is 3.88. The summed E-state index contributed by atoms with van der Waals surface area (Å²) in [5.74, 6) is 0.106. The van der Waals surface area contributed by atoms with Gasteiger partial charge in [-0.15, -0.1) is 0 Å². The van der Waals surface area contributed by atoms with Crippen LogP contribution in [0, 0.1) is 5.92 Å². The topological polar surface area (TPSA) is 35.5 Å². The van der Waals surface area contributed by atoms with E-state index in [4.69, 9.17) is 9.47 Å². The first kappa shape index (κ1) is 11.5. The zero-order chi connectivity index (χ0) is 10.4. The minimum atomic E-state index is -0.0126. The van der Waals surface area contributed by atoms with Crippen molar-refractivity contribution in [3.63, 3.8) is 0 Å². The highest BCUT2D eigenvalue weighted by atomic mass is 16.5. The minimum Gasteiger partial charge on any atom is -0.465 e. The van der Waals surface area contributed by atoms with Crippen LogP contribution in [0.25, 0.3) is 0 Å². The first-order chi connectivity index (χ1) is 6.77. The number of hydrogen-bond donors (Lipinski definition) is 0. The van der Waals surface area contributed by atoms with Crippen LogP contribution in [0.3, 0.4) is 0 Å². The first-order valence-electron chi connectivity index (χ1n) is 5.47. The van der Waals surface area contributed by atoms with Crippen molar-refractivity contribution in [2.24, 2.45) is 5.92 Å². The lowest BCUT2D eigenvalue weighted by Crippen LogP contribution is -2.27. The van der Waals surface area contributed by atoms with Gasteiger partial charge in [0.1, 0.15) is 0 Å². The van der Waals surface area contributed by atoms with E-state index in [9.17, 15) is 4.79 Å². The lowest BCUT2D eigenvalue weighted by molar-refractivity contribution is -0.150. The third kappa shape index (κ3) is 3.29. The zero-order valence-corrected chi connectivity index (χ0v) is 9.12. The maximum absolute atomic E-state index is 11.5. The summed E-state index contributed by atoms with van der Waals surface area (Å²) in [7, 11) is 1.74. The van der Waals surface area contributed by atoms with Gasteiger partial charge in [0.25, 0.3) is 0 Å². The molecule has 3 heteroatoms. The van der Waals surface area contributed by atoms with Crippen molar-refractivity contribution in [1.82, 2.24) is 0 Å². The minimum absolute atomic E-state index is 0.0126. The molecule has 0 bridgehead atoms. The van der Waals surface area contributed by atoms with E-state index in [1.165, 1.54) is 0 Å². The Morgan fingerprint density at radius 1 is 1.29 bits per heavy atom. The summed E-state index contributed by atoms with van der Waals surface area (Å²) in [6, 6.07) is 0. The summed E-state index contributed by atoms with van der Waals surface area (Å²) in [6.45, 7) is 2.57. The van der Waals surface area contributed by atoms with Crippen LogP contribution in [-0.4, -0.2) is 25.8 Å². The molecule has 0 radical (unpaired) electrons. The number of methoxy groups -OCH3 is 1. The molecule has 0 spiro atoms. The lowest BCUT2D eigenvalue weighted by Gasteiger charge is -2.26. The predicted molar refractivity (Wildman–Crippen MR) is 54.0 cm³/mol. The summed E-state index contributed by atoms with van der Waals surface area (Å²) < 4.78 is 10.4. The molecule has 1 aliphatic carbocycles. The molecule has 0 saturated heterocycles. The Kier molecular flexibility index (Phi) is 4.94. The Morgan fingerprint density at radius 3 is 2.43 bits per heavy atom. The molecule has 82 valence electrons. The Bertz CT molecular complexity index is 171. The largest absolute Gasteiger partial charge is 0.465 e. The number of esters is 1. The SMILES string of the molecule is CCCOC(=O)C1CCC(OC)CC1. The highest BCUT2D eigenvalue weighted by Crippen LogP contribution is 2.26. The molecule has 1 aliphatic rings. The van der Waals surface area contributed by atoms with Gasteiger partial charge in [-0.25, -0.2) is 0 Å². The second-order valence-corrected chi connectivity index (χ2v) is 3.88. The number of rotatable bonds is 4. The predicted octanol–water partition coefficient (Wildman–Crippen LogP) is 2.14. The third-order valence-electron chi connectivity index (χ3n) is 2.79. The normalized spacial score (nSPS) is 27.3. The molecule has 0 aliphatic heterocycles. The second kappa shape index (κ2) is 6.02. The maximum Gasteiger partial charge on any atom is 0.308 e. The van der Waals surface area contributed by atoms with Crippen molar-refractivity contribution in [3.05, 3.63) is 0 Å². The van der Waals surface area contributed by atoms with Gasteiger partial charge in [-0.1, -0.05) is 6.92 Å². The fraction of sp³-hybridized carbons (Fsp3) is 0.909. The Balaban J connectivity index is 2.23. The van der Waals surface area contributed by atoms with E-state index in [2.05, 4.69) is 0 Å². The average molecular weight is 200 g/mol. The quantitative estimate of drug-likeness (QED) is 0.652. The monoisotopic (exact) mass is 200 g/mol. The van der Waals surface area contributed by atoms with Gasteiger partial charge in [0.2, 0.25) is 0 Å². The van der Waals surface area contributed by atoms with Crippen molar-refractivity contribution < 1.29 is 14.3 Å². The van der Waals surface area contributed by atoms with Crippen LogP contribution < -0.4 is 0 Å². The van der Waals surface area contributed by atoms with Gasteiger partial charge < -0.3 is 9.47 Å². The van der Waals surface area contributed by atoms with Crippen LogP contribution in [-0.2, 0) is 14.3 Å². The highest BCUT2D eigenvalue weighted by Gasteiger charge is 2.26. The fourth-order valence-corrected chi connectivity index (χ4v) is 1.85. The van der Waals surface area contributed by atoms with Crippen LogP contribution in [0.4, 0.5) is 0 Å². The van der Waals surface area contributed by atoms with Crippen LogP contribution in [0.15, 0.2) is 0 Å². The maximum atomic E-state index is 11.5. The van der Waals surface area contributed by atoms with Gasteiger partial charge >= 0.3 is 5.97 Å². The molecule has 0 aromatic carbocycles. The molecule has 14 heavy (non-hydrogen) atoms. The number of carbonyl (C=O) groups is 1. The number of hydrogen-bond acceptors (Lipinski definition) is 3. The van der Waals surface area contributed by atoms with Gasteiger partial charge in [0.05, 0.1) is 18.6 Å².